The highest BCUT2D eigenvalue weighted by molar-refractivity contribution is 5.85. The first-order valence-corrected chi connectivity index (χ1v) is 4.27. The molecule has 1 saturated heterocycles. The van der Waals surface area contributed by atoms with E-state index in [1.807, 2.05) is 13.8 Å². The number of nitrogens with one attached hydrogen (secondary N) is 1. The average Bonchev–Trinajstić information content (AvgIpc) is 2.37. The highest BCUT2D eigenvalue weighted by atomic mass is 35.5. The minimum Gasteiger partial charge on any atom is -0.316 e. The van der Waals surface area contributed by atoms with E-state index >= 15 is 0 Å². The second kappa shape index (κ2) is 4.24. The summed E-state index contributed by atoms with van der Waals surface area (Å²) >= 11 is 0. The summed E-state index contributed by atoms with van der Waals surface area (Å²) in [5.74, 6) is 0.853. The van der Waals surface area contributed by atoms with Crippen molar-refractivity contribution in [2.75, 3.05) is 13.1 Å². The first-order valence-electron chi connectivity index (χ1n) is 4.27. The van der Waals surface area contributed by atoms with E-state index in [0.717, 1.165) is 19.5 Å². The van der Waals surface area contributed by atoms with Gasteiger partial charge < -0.3 is 5.32 Å². The Labute approximate surface area is 80.5 Å². The molecule has 1 aliphatic heterocycles. The molecule has 1 N–H and O–H groups in total. The van der Waals surface area contributed by atoms with Crippen LogP contribution >= 0.6 is 12.4 Å². The van der Waals surface area contributed by atoms with E-state index in [2.05, 4.69) is 5.32 Å². The molecular formula is C9H18ClNO. The van der Waals surface area contributed by atoms with Crippen molar-refractivity contribution in [2.24, 2.45) is 11.3 Å². The maximum absolute atomic E-state index is 11.2. The van der Waals surface area contributed by atoms with E-state index in [9.17, 15) is 4.79 Å². The van der Waals surface area contributed by atoms with Crippen molar-refractivity contribution in [3.63, 3.8) is 0 Å². The van der Waals surface area contributed by atoms with Gasteiger partial charge in [-0.1, -0.05) is 13.8 Å². The molecular weight excluding hydrogens is 174 g/mol. The SMILES string of the molecule is CC(=O)C(C)(C)[C@H]1CCNC1.Cl. The molecule has 2 nitrogen and oxygen atoms in total. The summed E-state index contributed by atoms with van der Waals surface area (Å²) in [4.78, 5) is 11.2. The van der Waals surface area contributed by atoms with E-state index < -0.39 is 0 Å². The Morgan fingerprint density at radius 1 is 1.50 bits per heavy atom. The number of hydrogen-bond acceptors (Lipinski definition) is 2. The van der Waals surface area contributed by atoms with Crippen molar-refractivity contribution in [3.05, 3.63) is 0 Å². The van der Waals surface area contributed by atoms with Gasteiger partial charge in [-0.2, -0.15) is 0 Å². The number of Topliss-reactive ketones (excluding diaryl/α,β-unsaturated/α-hetero) is 1. The Hall–Kier alpha value is -0.0800. The smallest absolute Gasteiger partial charge is 0.135 e. The second-order valence-electron chi connectivity index (χ2n) is 3.97. The summed E-state index contributed by atoms with van der Waals surface area (Å²) in [7, 11) is 0. The number of hydrogen-bond donors (Lipinski definition) is 1. The van der Waals surface area contributed by atoms with Gasteiger partial charge in [-0.3, -0.25) is 4.79 Å². The molecule has 0 aliphatic carbocycles. The lowest BCUT2D eigenvalue weighted by Crippen LogP contribution is -2.32. The Kier molecular flexibility index (Phi) is 4.21. The zero-order valence-electron chi connectivity index (χ0n) is 8.02. The Morgan fingerprint density at radius 3 is 2.42 bits per heavy atom. The first-order chi connectivity index (χ1) is 5.05. The summed E-state index contributed by atoms with van der Waals surface area (Å²) in [5, 5.41) is 3.28. The molecule has 0 amide bonds. The zero-order valence-corrected chi connectivity index (χ0v) is 8.83. The summed E-state index contributed by atoms with van der Waals surface area (Å²) in [5.41, 5.74) is -0.122. The predicted octanol–water partition coefficient (Wildman–Crippen LogP) is 1.63. The largest absolute Gasteiger partial charge is 0.316 e. The topological polar surface area (TPSA) is 29.1 Å². The number of rotatable bonds is 2. The van der Waals surface area contributed by atoms with Gasteiger partial charge in [0.1, 0.15) is 5.78 Å². The molecule has 0 aromatic carbocycles. The van der Waals surface area contributed by atoms with Gasteiger partial charge in [-0.15, -0.1) is 12.4 Å². The molecule has 72 valence electrons. The predicted molar refractivity (Wildman–Crippen MR) is 52.7 cm³/mol. The lowest BCUT2D eigenvalue weighted by Gasteiger charge is -2.27. The molecule has 1 fully saturated rings. The molecule has 1 aliphatic rings. The molecule has 0 saturated carbocycles. The van der Waals surface area contributed by atoms with E-state index in [1.165, 1.54) is 0 Å². The van der Waals surface area contributed by atoms with E-state index in [4.69, 9.17) is 0 Å². The average molecular weight is 192 g/mol. The van der Waals surface area contributed by atoms with Crippen LogP contribution in [0.15, 0.2) is 0 Å². The minimum absolute atomic E-state index is 0. The quantitative estimate of drug-likeness (QED) is 0.719. The Balaban J connectivity index is 0.00000121. The van der Waals surface area contributed by atoms with Gasteiger partial charge in [0.05, 0.1) is 0 Å². The highest BCUT2D eigenvalue weighted by Crippen LogP contribution is 2.31. The maximum Gasteiger partial charge on any atom is 0.135 e. The van der Waals surface area contributed by atoms with Crippen LogP contribution in [0, 0.1) is 11.3 Å². The maximum atomic E-state index is 11.2. The molecule has 0 bridgehead atoms. The van der Waals surface area contributed by atoms with Gasteiger partial charge in [0.2, 0.25) is 0 Å². The van der Waals surface area contributed by atoms with Gasteiger partial charge in [-0.25, -0.2) is 0 Å². The fourth-order valence-corrected chi connectivity index (χ4v) is 1.56. The number of ketones is 1. The van der Waals surface area contributed by atoms with Gasteiger partial charge in [0.15, 0.2) is 0 Å². The third-order valence-electron chi connectivity index (χ3n) is 2.99. The van der Waals surface area contributed by atoms with Crippen LogP contribution in [0.4, 0.5) is 0 Å². The van der Waals surface area contributed by atoms with Crippen LogP contribution in [-0.4, -0.2) is 18.9 Å². The first kappa shape index (κ1) is 11.9. The fourth-order valence-electron chi connectivity index (χ4n) is 1.56. The van der Waals surface area contributed by atoms with Crippen molar-refractivity contribution in [1.82, 2.24) is 5.32 Å². The second-order valence-corrected chi connectivity index (χ2v) is 3.97. The van der Waals surface area contributed by atoms with E-state index in [-0.39, 0.29) is 17.8 Å². The Morgan fingerprint density at radius 2 is 2.08 bits per heavy atom. The normalized spacial score (nSPS) is 23.4. The van der Waals surface area contributed by atoms with Crippen molar-refractivity contribution in [3.8, 4) is 0 Å². The van der Waals surface area contributed by atoms with Crippen molar-refractivity contribution in [1.29, 1.82) is 0 Å². The summed E-state index contributed by atoms with van der Waals surface area (Å²) in [6.07, 6.45) is 1.15. The molecule has 1 rings (SSSR count). The van der Waals surface area contributed by atoms with Crippen LogP contribution in [0.1, 0.15) is 27.2 Å². The third kappa shape index (κ3) is 2.20. The van der Waals surface area contributed by atoms with Gasteiger partial charge in [0.25, 0.3) is 0 Å². The van der Waals surface area contributed by atoms with E-state index in [0.29, 0.717) is 11.7 Å². The molecule has 0 unspecified atom stereocenters. The molecule has 1 atom stereocenters. The van der Waals surface area contributed by atoms with Crippen LogP contribution in [0.2, 0.25) is 0 Å². The van der Waals surface area contributed by atoms with Gasteiger partial charge in [-0.05, 0) is 32.4 Å². The van der Waals surface area contributed by atoms with Gasteiger partial charge in [0, 0.05) is 5.41 Å². The molecule has 0 radical (unpaired) electrons. The monoisotopic (exact) mass is 191 g/mol. The molecule has 0 aromatic heterocycles. The Bertz CT molecular complexity index is 162. The number of halogens is 1. The summed E-state index contributed by atoms with van der Waals surface area (Å²) < 4.78 is 0. The summed E-state index contributed by atoms with van der Waals surface area (Å²) in [6, 6.07) is 0. The lowest BCUT2D eigenvalue weighted by atomic mass is 9.75. The van der Waals surface area contributed by atoms with Crippen LogP contribution in [0.5, 0.6) is 0 Å². The third-order valence-corrected chi connectivity index (χ3v) is 2.99. The summed E-state index contributed by atoms with van der Waals surface area (Å²) in [6.45, 7) is 7.87. The molecule has 1 heterocycles. The van der Waals surface area contributed by atoms with Crippen molar-refractivity contribution in [2.45, 2.75) is 27.2 Å². The zero-order chi connectivity index (χ0) is 8.48. The van der Waals surface area contributed by atoms with Crippen molar-refractivity contribution >= 4 is 18.2 Å². The van der Waals surface area contributed by atoms with Crippen LogP contribution in [-0.2, 0) is 4.79 Å². The number of carbonyl (C=O) groups excluding carboxylic acids is 1. The van der Waals surface area contributed by atoms with Crippen molar-refractivity contribution < 1.29 is 4.79 Å². The minimum atomic E-state index is -0.122. The van der Waals surface area contributed by atoms with E-state index in [1.54, 1.807) is 6.92 Å². The van der Waals surface area contributed by atoms with Crippen LogP contribution < -0.4 is 5.32 Å². The highest BCUT2D eigenvalue weighted by Gasteiger charge is 2.35. The van der Waals surface area contributed by atoms with Crippen LogP contribution in [0.3, 0.4) is 0 Å². The molecule has 12 heavy (non-hydrogen) atoms. The number of carbonyl (C=O) groups is 1. The molecule has 3 heteroatoms. The van der Waals surface area contributed by atoms with Crippen LogP contribution in [0.25, 0.3) is 0 Å². The van der Waals surface area contributed by atoms with Gasteiger partial charge >= 0.3 is 0 Å². The molecule has 0 aromatic rings. The fraction of sp³-hybridized carbons (Fsp3) is 0.889. The molecule has 0 spiro atoms. The lowest BCUT2D eigenvalue weighted by molar-refractivity contribution is -0.127. The standard InChI is InChI=1S/C9H17NO.ClH/c1-7(11)9(2,3)8-4-5-10-6-8;/h8,10H,4-6H2,1-3H3;1H/t8-;/m0./s1.